The molecule has 0 aromatic heterocycles. The van der Waals surface area contributed by atoms with E-state index in [4.69, 9.17) is 4.74 Å². The Hall–Kier alpha value is -2.13. The molecule has 8 nitrogen and oxygen atoms in total. The Morgan fingerprint density at radius 2 is 2.04 bits per heavy atom. The second kappa shape index (κ2) is 7.85. The predicted molar refractivity (Wildman–Crippen MR) is 97.9 cm³/mol. The summed E-state index contributed by atoms with van der Waals surface area (Å²) in [7, 11) is -3.26. The lowest BCUT2D eigenvalue weighted by atomic mass is 9.96. The van der Waals surface area contributed by atoms with Crippen LogP contribution in [0.25, 0.3) is 0 Å². The van der Waals surface area contributed by atoms with Crippen molar-refractivity contribution in [3.63, 3.8) is 0 Å². The van der Waals surface area contributed by atoms with E-state index in [2.05, 4.69) is 5.32 Å². The van der Waals surface area contributed by atoms with Crippen LogP contribution >= 0.6 is 0 Å². The zero-order valence-electron chi connectivity index (χ0n) is 15.2. The molecule has 0 aliphatic carbocycles. The summed E-state index contributed by atoms with van der Waals surface area (Å²) in [5, 5.41) is 12.2. The number of sulfonamides is 1. The SMILES string of the molecule is CCS(=O)(=O)N1CCC(C(=O)NC(C(=O)O)c2ccc3c(c2)CCO3)CC1. The third kappa shape index (κ3) is 4.24. The maximum Gasteiger partial charge on any atom is 0.330 e. The average Bonchev–Trinajstić information content (AvgIpc) is 3.13. The number of carboxylic acids is 1. The number of carboxylic acid groups (broad SMARTS) is 1. The predicted octanol–water partition coefficient (Wildman–Crippen LogP) is 0.925. The molecule has 27 heavy (non-hydrogen) atoms. The number of benzene rings is 1. The maximum absolute atomic E-state index is 12.6. The van der Waals surface area contributed by atoms with Crippen molar-refractivity contribution >= 4 is 21.9 Å². The van der Waals surface area contributed by atoms with E-state index in [1.165, 1.54) is 4.31 Å². The number of ether oxygens (including phenoxy) is 1. The Kier molecular flexibility index (Phi) is 5.71. The molecule has 2 N–H and O–H groups in total. The molecule has 1 aromatic carbocycles. The summed E-state index contributed by atoms with van der Waals surface area (Å²) >= 11 is 0. The number of piperidine rings is 1. The number of hydrogen-bond acceptors (Lipinski definition) is 5. The van der Waals surface area contributed by atoms with Crippen molar-refractivity contribution in [2.45, 2.75) is 32.2 Å². The Morgan fingerprint density at radius 1 is 1.33 bits per heavy atom. The highest BCUT2D eigenvalue weighted by molar-refractivity contribution is 7.89. The number of rotatable bonds is 6. The number of carbonyl (C=O) groups is 2. The number of fused-ring (bicyclic) bond motifs is 1. The van der Waals surface area contributed by atoms with Gasteiger partial charge >= 0.3 is 5.97 Å². The molecule has 1 unspecified atom stereocenters. The highest BCUT2D eigenvalue weighted by atomic mass is 32.2. The third-order valence-corrected chi connectivity index (χ3v) is 7.04. The van der Waals surface area contributed by atoms with Gasteiger partial charge in [0.05, 0.1) is 12.4 Å². The van der Waals surface area contributed by atoms with Gasteiger partial charge in [0.25, 0.3) is 0 Å². The smallest absolute Gasteiger partial charge is 0.330 e. The summed E-state index contributed by atoms with van der Waals surface area (Å²) in [6.07, 6.45) is 1.48. The van der Waals surface area contributed by atoms with Crippen molar-refractivity contribution in [2.75, 3.05) is 25.4 Å². The second-order valence-corrected chi connectivity index (χ2v) is 9.08. The number of aliphatic carboxylic acids is 1. The summed E-state index contributed by atoms with van der Waals surface area (Å²) < 4.78 is 30.6. The first-order chi connectivity index (χ1) is 12.8. The minimum atomic E-state index is -3.26. The summed E-state index contributed by atoms with van der Waals surface area (Å²) in [5.41, 5.74) is 1.44. The van der Waals surface area contributed by atoms with Crippen LogP contribution < -0.4 is 10.1 Å². The molecule has 1 atom stereocenters. The van der Waals surface area contributed by atoms with Gasteiger partial charge in [0.2, 0.25) is 15.9 Å². The minimum absolute atomic E-state index is 0.0347. The van der Waals surface area contributed by atoms with E-state index in [1.54, 1.807) is 25.1 Å². The van der Waals surface area contributed by atoms with E-state index < -0.39 is 28.0 Å². The fraction of sp³-hybridized carbons (Fsp3) is 0.556. The first kappa shape index (κ1) is 19.6. The monoisotopic (exact) mass is 396 g/mol. The van der Waals surface area contributed by atoms with Crippen LogP contribution in [0.1, 0.15) is 36.9 Å². The topological polar surface area (TPSA) is 113 Å². The molecule has 148 valence electrons. The second-order valence-electron chi connectivity index (χ2n) is 6.82. The van der Waals surface area contributed by atoms with Gasteiger partial charge in [0.1, 0.15) is 5.75 Å². The Bertz CT molecular complexity index is 830. The van der Waals surface area contributed by atoms with Gasteiger partial charge in [-0.05, 0) is 43.0 Å². The molecule has 1 aromatic rings. The lowest BCUT2D eigenvalue weighted by Gasteiger charge is -2.30. The minimum Gasteiger partial charge on any atom is -0.493 e. The van der Waals surface area contributed by atoms with E-state index in [0.717, 1.165) is 11.3 Å². The highest BCUT2D eigenvalue weighted by Gasteiger charge is 2.32. The number of nitrogens with zero attached hydrogens (tertiary/aromatic N) is 1. The summed E-state index contributed by atoms with van der Waals surface area (Å²) in [4.78, 5) is 24.3. The number of carbonyl (C=O) groups excluding carboxylic acids is 1. The molecule has 2 aliphatic rings. The van der Waals surface area contributed by atoms with E-state index in [1.807, 2.05) is 0 Å². The van der Waals surface area contributed by atoms with Gasteiger partial charge in [-0.15, -0.1) is 0 Å². The average molecular weight is 396 g/mol. The number of hydrogen-bond donors (Lipinski definition) is 2. The maximum atomic E-state index is 12.6. The van der Waals surface area contributed by atoms with Crippen molar-refractivity contribution in [3.8, 4) is 5.75 Å². The normalized spacial score (nSPS) is 19.1. The Labute approximate surface area is 158 Å². The molecule has 0 saturated carbocycles. The molecule has 1 amide bonds. The fourth-order valence-electron chi connectivity index (χ4n) is 3.51. The quantitative estimate of drug-likeness (QED) is 0.739. The van der Waals surface area contributed by atoms with Gasteiger partial charge in [-0.2, -0.15) is 0 Å². The molecule has 1 fully saturated rings. The standard InChI is InChI=1S/C18H24N2O6S/c1-2-27(24,25)20-8-5-12(6-9-20)17(21)19-16(18(22)23)14-3-4-15-13(11-14)7-10-26-15/h3-4,11-12,16H,2,5-10H2,1H3,(H,19,21)(H,22,23). The zero-order chi connectivity index (χ0) is 19.6. The molecule has 0 spiro atoms. The van der Waals surface area contributed by atoms with Gasteiger partial charge in [0.15, 0.2) is 6.04 Å². The van der Waals surface area contributed by atoms with Crippen LogP contribution in [0.3, 0.4) is 0 Å². The largest absolute Gasteiger partial charge is 0.493 e. The lowest BCUT2D eigenvalue weighted by Crippen LogP contribution is -2.45. The molecular weight excluding hydrogens is 372 g/mol. The molecule has 2 heterocycles. The van der Waals surface area contributed by atoms with Gasteiger partial charge in [-0.1, -0.05) is 6.07 Å². The molecule has 0 bridgehead atoms. The zero-order valence-corrected chi connectivity index (χ0v) is 16.0. The summed E-state index contributed by atoms with van der Waals surface area (Å²) in [6.45, 7) is 2.72. The van der Waals surface area contributed by atoms with Crippen molar-refractivity contribution in [2.24, 2.45) is 5.92 Å². The van der Waals surface area contributed by atoms with Crippen LogP contribution in [0.4, 0.5) is 0 Å². The van der Waals surface area contributed by atoms with Crippen LogP contribution in [0.15, 0.2) is 18.2 Å². The number of amides is 1. The number of nitrogens with one attached hydrogen (secondary N) is 1. The Balaban J connectivity index is 1.66. The van der Waals surface area contributed by atoms with Crippen molar-refractivity contribution in [3.05, 3.63) is 29.3 Å². The van der Waals surface area contributed by atoms with E-state index in [-0.39, 0.29) is 24.7 Å². The van der Waals surface area contributed by atoms with Crippen molar-refractivity contribution < 1.29 is 27.9 Å². The van der Waals surface area contributed by atoms with Gasteiger partial charge in [-0.3, -0.25) is 4.79 Å². The van der Waals surface area contributed by atoms with E-state index in [9.17, 15) is 23.1 Å². The highest BCUT2D eigenvalue weighted by Crippen LogP contribution is 2.29. The van der Waals surface area contributed by atoms with Gasteiger partial charge in [-0.25, -0.2) is 17.5 Å². The molecule has 3 rings (SSSR count). The first-order valence-electron chi connectivity index (χ1n) is 9.08. The lowest BCUT2D eigenvalue weighted by molar-refractivity contribution is -0.142. The molecule has 1 saturated heterocycles. The van der Waals surface area contributed by atoms with Crippen LogP contribution in [0.5, 0.6) is 5.75 Å². The third-order valence-electron chi connectivity index (χ3n) is 5.16. The molecule has 9 heteroatoms. The van der Waals surface area contributed by atoms with E-state index >= 15 is 0 Å². The first-order valence-corrected chi connectivity index (χ1v) is 10.7. The Morgan fingerprint density at radius 3 is 2.67 bits per heavy atom. The van der Waals surface area contributed by atoms with Crippen LogP contribution in [-0.4, -0.2) is 55.2 Å². The fourth-order valence-corrected chi connectivity index (χ4v) is 4.64. The van der Waals surface area contributed by atoms with Crippen LogP contribution in [0, 0.1) is 5.92 Å². The molecular formula is C18H24N2O6S. The molecule has 2 aliphatic heterocycles. The van der Waals surface area contributed by atoms with Crippen LogP contribution in [0.2, 0.25) is 0 Å². The summed E-state index contributed by atoms with van der Waals surface area (Å²) in [5.74, 6) is -1.10. The summed E-state index contributed by atoms with van der Waals surface area (Å²) in [6, 6.07) is 4.01. The van der Waals surface area contributed by atoms with Gasteiger partial charge < -0.3 is 15.2 Å². The molecule has 0 radical (unpaired) electrons. The van der Waals surface area contributed by atoms with E-state index in [0.29, 0.717) is 31.4 Å². The van der Waals surface area contributed by atoms with Crippen molar-refractivity contribution in [1.29, 1.82) is 0 Å². The van der Waals surface area contributed by atoms with Crippen molar-refractivity contribution in [1.82, 2.24) is 9.62 Å². The van der Waals surface area contributed by atoms with Gasteiger partial charge in [0, 0.05) is 25.4 Å². The van der Waals surface area contributed by atoms with Crippen LogP contribution in [-0.2, 0) is 26.0 Å².